The van der Waals surface area contributed by atoms with Crippen LogP contribution in [-0.2, 0) is 10.0 Å². The van der Waals surface area contributed by atoms with E-state index in [1.165, 1.54) is 13.8 Å². The number of nitrogens with one attached hydrogen (secondary N) is 1. The number of rotatable bonds is 5. The second-order valence-corrected chi connectivity index (χ2v) is 6.98. The summed E-state index contributed by atoms with van der Waals surface area (Å²) in [6.07, 6.45) is 1.62. The van der Waals surface area contributed by atoms with Crippen LogP contribution in [0.5, 0.6) is 0 Å². The molecule has 0 spiro atoms. The number of oxime groups is 1. The van der Waals surface area contributed by atoms with Crippen molar-refractivity contribution in [3.05, 3.63) is 29.1 Å². The fraction of sp³-hybridized carbons (Fsp3) is 0.462. The third-order valence-electron chi connectivity index (χ3n) is 3.50. The molecule has 0 aromatic heterocycles. The zero-order chi connectivity index (χ0) is 15.8. The Kier molecular flexibility index (Phi) is 4.20. The molecule has 0 heterocycles. The Labute approximate surface area is 122 Å². The minimum Gasteiger partial charge on any atom is -0.409 e. The van der Waals surface area contributed by atoms with Crippen molar-refractivity contribution in [2.75, 3.05) is 0 Å². The van der Waals surface area contributed by atoms with E-state index in [1.54, 1.807) is 0 Å². The van der Waals surface area contributed by atoms with Gasteiger partial charge in [-0.2, -0.15) is 0 Å². The molecule has 0 saturated heterocycles. The molecule has 1 unspecified atom stereocenters. The van der Waals surface area contributed by atoms with E-state index in [4.69, 9.17) is 10.9 Å². The zero-order valence-electron chi connectivity index (χ0n) is 11.8. The summed E-state index contributed by atoms with van der Waals surface area (Å²) in [5.41, 5.74) is 6.18. The molecule has 4 N–H and O–H groups in total. The van der Waals surface area contributed by atoms with Gasteiger partial charge in [0, 0.05) is 0 Å². The van der Waals surface area contributed by atoms with E-state index in [9.17, 15) is 12.8 Å². The van der Waals surface area contributed by atoms with Crippen LogP contribution in [0, 0.1) is 25.6 Å². The fourth-order valence-electron chi connectivity index (χ4n) is 2.44. The van der Waals surface area contributed by atoms with Gasteiger partial charge in [0.15, 0.2) is 5.84 Å². The van der Waals surface area contributed by atoms with Gasteiger partial charge >= 0.3 is 0 Å². The van der Waals surface area contributed by atoms with Crippen LogP contribution in [0.4, 0.5) is 4.39 Å². The summed E-state index contributed by atoms with van der Waals surface area (Å²) in [5.74, 6) is -0.630. The number of hydrogen-bond donors (Lipinski definition) is 3. The topological polar surface area (TPSA) is 105 Å². The molecular formula is C13H18FN3O3S. The standard InChI is InChI=1S/C13H18FN3O3S/c1-7-5-10(14)6-8(2)12(7)21(19,20)17-11(9-3-4-9)13(15)16-18/h5-6,9,11,17-18H,3-4H2,1-2H3,(H2,15,16). The largest absolute Gasteiger partial charge is 0.409 e. The van der Waals surface area contributed by atoms with Gasteiger partial charge < -0.3 is 10.9 Å². The lowest BCUT2D eigenvalue weighted by molar-refractivity contribution is 0.314. The van der Waals surface area contributed by atoms with Gasteiger partial charge in [-0.25, -0.2) is 17.5 Å². The maximum absolute atomic E-state index is 13.3. The molecule has 0 bridgehead atoms. The highest BCUT2D eigenvalue weighted by atomic mass is 32.2. The quantitative estimate of drug-likeness (QED) is 0.329. The lowest BCUT2D eigenvalue weighted by Crippen LogP contribution is -2.46. The summed E-state index contributed by atoms with van der Waals surface area (Å²) in [6, 6.07) is 1.58. The van der Waals surface area contributed by atoms with Crippen LogP contribution >= 0.6 is 0 Å². The molecule has 1 fully saturated rings. The number of benzene rings is 1. The maximum atomic E-state index is 13.3. The first-order valence-electron chi connectivity index (χ1n) is 6.52. The zero-order valence-corrected chi connectivity index (χ0v) is 12.6. The number of hydrogen-bond acceptors (Lipinski definition) is 4. The Morgan fingerprint density at radius 1 is 1.43 bits per heavy atom. The van der Waals surface area contributed by atoms with Gasteiger partial charge in [-0.1, -0.05) is 5.16 Å². The fourth-order valence-corrected chi connectivity index (χ4v) is 4.17. The van der Waals surface area contributed by atoms with Gasteiger partial charge in [-0.15, -0.1) is 0 Å². The van der Waals surface area contributed by atoms with Crippen molar-refractivity contribution in [1.82, 2.24) is 4.72 Å². The van der Waals surface area contributed by atoms with Gasteiger partial charge in [0.1, 0.15) is 5.82 Å². The average molecular weight is 315 g/mol. The van der Waals surface area contributed by atoms with E-state index >= 15 is 0 Å². The molecule has 0 aliphatic heterocycles. The summed E-state index contributed by atoms with van der Waals surface area (Å²) < 4.78 is 40.8. The number of sulfonamides is 1. The minimum absolute atomic E-state index is 0.0248. The summed E-state index contributed by atoms with van der Waals surface area (Å²) in [7, 11) is -3.89. The van der Waals surface area contributed by atoms with Gasteiger partial charge in [-0.05, 0) is 55.9 Å². The highest BCUT2D eigenvalue weighted by Gasteiger charge is 2.37. The normalized spacial score (nSPS) is 17.8. The predicted octanol–water partition coefficient (Wildman–Crippen LogP) is 1.25. The third-order valence-corrected chi connectivity index (χ3v) is 5.25. The number of amidine groups is 1. The number of halogens is 1. The molecule has 21 heavy (non-hydrogen) atoms. The molecule has 6 nitrogen and oxygen atoms in total. The van der Waals surface area contributed by atoms with E-state index in [2.05, 4.69) is 9.88 Å². The Bertz CT molecular complexity index is 661. The van der Waals surface area contributed by atoms with Crippen molar-refractivity contribution in [1.29, 1.82) is 0 Å². The van der Waals surface area contributed by atoms with Crippen LogP contribution in [0.1, 0.15) is 24.0 Å². The average Bonchev–Trinajstić information content (AvgIpc) is 3.17. The van der Waals surface area contributed by atoms with Crippen molar-refractivity contribution in [3.8, 4) is 0 Å². The van der Waals surface area contributed by atoms with E-state index in [-0.39, 0.29) is 16.6 Å². The van der Waals surface area contributed by atoms with Crippen molar-refractivity contribution in [3.63, 3.8) is 0 Å². The van der Waals surface area contributed by atoms with Crippen molar-refractivity contribution in [2.24, 2.45) is 16.8 Å². The van der Waals surface area contributed by atoms with Gasteiger partial charge in [0.05, 0.1) is 10.9 Å². The molecule has 1 aliphatic carbocycles. The molecule has 1 aromatic carbocycles. The first kappa shape index (κ1) is 15.7. The highest BCUT2D eigenvalue weighted by molar-refractivity contribution is 7.89. The predicted molar refractivity (Wildman–Crippen MR) is 76.1 cm³/mol. The van der Waals surface area contributed by atoms with Crippen molar-refractivity contribution in [2.45, 2.75) is 37.6 Å². The van der Waals surface area contributed by atoms with E-state index in [0.29, 0.717) is 11.1 Å². The lowest BCUT2D eigenvalue weighted by atomic mass is 10.1. The molecule has 1 saturated carbocycles. The monoisotopic (exact) mass is 315 g/mol. The van der Waals surface area contributed by atoms with Gasteiger partial charge in [0.2, 0.25) is 10.0 Å². The minimum atomic E-state index is -3.89. The Morgan fingerprint density at radius 3 is 2.38 bits per heavy atom. The lowest BCUT2D eigenvalue weighted by Gasteiger charge is -2.19. The Balaban J connectivity index is 2.38. The van der Waals surface area contributed by atoms with E-state index in [1.807, 2.05) is 0 Å². The van der Waals surface area contributed by atoms with Crippen LogP contribution in [0.25, 0.3) is 0 Å². The molecule has 1 aromatic rings. The van der Waals surface area contributed by atoms with E-state index < -0.39 is 21.9 Å². The first-order valence-corrected chi connectivity index (χ1v) is 8.01. The number of nitrogens with zero attached hydrogens (tertiary/aromatic N) is 1. The number of nitrogens with two attached hydrogens (primary N) is 1. The Hall–Kier alpha value is -1.67. The van der Waals surface area contributed by atoms with Gasteiger partial charge in [-0.3, -0.25) is 0 Å². The molecule has 0 radical (unpaired) electrons. The van der Waals surface area contributed by atoms with Crippen molar-refractivity contribution >= 4 is 15.9 Å². The van der Waals surface area contributed by atoms with Crippen LogP contribution in [-0.4, -0.2) is 25.5 Å². The summed E-state index contributed by atoms with van der Waals surface area (Å²) in [5, 5.41) is 11.7. The maximum Gasteiger partial charge on any atom is 0.241 e. The molecule has 0 amide bonds. The highest BCUT2D eigenvalue weighted by Crippen LogP contribution is 2.34. The van der Waals surface area contributed by atoms with Crippen LogP contribution in [0.15, 0.2) is 22.2 Å². The second-order valence-electron chi connectivity index (χ2n) is 5.33. The van der Waals surface area contributed by atoms with Crippen LogP contribution in [0.2, 0.25) is 0 Å². The number of aryl methyl sites for hydroxylation is 2. The van der Waals surface area contributed by atoms with Crippen LogP contribution < -0.4 is 10.5 Å². The smallest absolute Gasteiger partial charge is 0.241 e. The van der Waals surface area contributed by atoms with Crippen molar-refractivity contribution < 1.29 is 18.0 Å². The second kappa shape index (κ2) is 5.61. The SMILES string of the molecule is Cc1cc(F)cc(C)c1S(=O)(=O)NC(/C(N)=N/O)C1CC1. The molecule has 1 aliphatic rings. The summed E-state index contributed by atoms with van der Waals surface area (Å²) in [6.45, 7) is 3.06. The third kappa shape index (κ3) is 3.33. The summed E-state index contributed by atoms with van der Waals surface area (Å²) in [4.78, 5) is 0.0280. The molecule has 8 heteroatoms. The summed E-state index contributed by atoms with van der Waals surface area (Å²) >= 11 is 0. The molecule has 1 atom stereocenters. The van der Waals surface area contributed by atoms with E-state index in [0.717, 1.165) is 25.0 Å². The Morgan fingerprint density at radius 2 is 1.95 bits per heavy atom. The first-order chi connectivity index (χ1) is 9.76. The molecular weight excluding hydrogens is 297 g/mol. The molecule has 116 valence electrons. The van der Waals surface area contributed by atoms with Gasteiger partial charge in [0.25, 0.3) is 0 Å². The van der Waals surface area contributed by atoms with Crippen LogP contribution in [0.3, 0.4) is 0 Å². The molecule has 2 rings (SSSR count).